The van der Waals surface area contributed by atoms with E-state index in [2.05, 4.69) is 0 Å². The van der Waals surface area contributed by atoms with Crippen molar-refractivity contribution >= 4 is 19.7 Å². The van der Waals surface area contributed by atoms with Gasteiger partial charge in [0, 0.05) is 17.3 Å². The zero-order chi connectivity index (χ0) is 7.33. The molecule has 56 valence electrons. The number of hydrogen-bond acceptors (Lipinski definition) is 3. The molecule has 0 aliphatic heterocycles. The Kier molecular flexibility index (Phi) is 4.18. The molecule has 0 aromatic carbocycles. The van der Waals surface area contributed by atoms with Crippen LogP contribution in [0.5, 0.6) is 0 Å². The van der Waals surface area contributed by atoms with Gasteiger partial charge in [0.2, 0.25) is 9.05 Å². The Morgan fingerprint density at radius 2 is 1.89 bits per heavy atom. The Balaban J connectivity index is 3.30. The SMILES string of the molecule is O=S(=O)(Cl)CCCCO. The number of aliphatic hydroxyl groups is 1. The van der Waals surface area contributed by atoms with Crippen LogP contribution in [0.2, 0.25) is 0 Å². The van der Waals surface area contributed by atoms with Crippen LogP contribution >= 0.6 is 10.7 Å². The number of unbranched alkanes of at least 4 members (excludes halogenated alkanes) is 1. The molecule has 0 saturated carbocycles. The topological polar surface area (TPSA) is 54.4 Å². The lowest BCUT2D eigenvalue weighted by atomic mass is 10.4. The summed E-state index contributed by atoms with van der Waals surface area (Å²) in [6, 6.07) is 0. The van der Waals surface area contributed by atoms with E-state index in [9.17, 15) is 8.42 Å². The van der Waals surface area contributed by atoms with Gasteiger partial charge >= 0.3 is 0 Å². The van der Waals surface area contributed by atoms with Crippen LogP contribution in [0.4, 0.5) is 0 Å². The fraction of sp³-hybridized carbons (Fsp3) is 1.00. The van der Waals surface area contributed by atoms with Gasteiger partial charge in [0.05, 0.1) is 5.75 Å². The maximum absolute atomic E-state index is 10.2. The molecule has 0 unspecified atom stereocenters. The van der Waals surface area contributed by atoms with E-state index >= 15 is 0 Å². The summed E-state index contributed by atoms with van der Waals surface area (Å²) in [4.78, 5) is 0. The molecule has 0 rings (SSSR count). The van der Waals surface area contributed by atoms with E-state index in [1.165, 1.54) is 0 Å². The lowest BCUT2D eigenvalue weighted by Crippen LogP contribution is -1.97. The van der Waals surface area contributed by atoms with Crippen LogP contribution in [0.15, 0.2) is 0 Å². The summed E-state index contributed by atoms with van der Waals surface area (Å²) in [5, 5.41) is 8.23. The van der Waals surface area contributed by atoms with Gasteiger partial charge in [0.15, 0.2) is 0 Å². The minimum atomic E-state index is -3.34. The quantitative estimate of drug-likeness (QED) is 0.491. The Hall–Kier alpha value is 0.200. The number of rotatable bonds is 4. The zero-order valence-corrected chi connectivity index (χ0v) is 6.45. The van der Waals surface area contributed by atoms with Gasteiger partial charge in [-0.3, -0.25) is 0 Å². The minimum absolute atomic E-state index is 0.0202. The lowest BCUT2D eigenvalue weighted by Gasteiger charge is -1.91. The van der Waals surface area contributed by atoms with Crippen LogP contribution in [-0.4, -0.2) is 25.9 Å². The summed E-state index contributed by atoms with van der Waals surface area (Å²) in [7, 11) is 1.52. The zero-order valence-electron chi connectivity index (χ0n) is 4.88. The molecular weight excluding hydrogens is 164 g/mol. The van der Waals surface area contributed by atoms with Crippen molar-refractivity contribution in [3.63, 3.8) is 0 Å². The summed E-state index contributed by atoms with van der Waals surface area (Å²) in [6.07, 6.45) is 0.925. The first-order chi connectivity index (χ1) is 4.06. The van der Waals surface area contributed by atoms with Gasteiger partial charge < -0.3 is 5.11 Å². The molecule has 0 amide bonds. The summed E-state index contributed by atoms with van der Waals surface area (Å²) >= 11 is 0. The smallest absolute Gasteiger partial charge is 0.232 e. The van der Waals surface area contributed by atoms with Crippen LogP contribution < -0.4 is 0 Å². The molecule has 0 radical (unpaired) electrons. The predicted molar refractivity (Wildman–Crippen MR) is 36.0 cm³/mol. The van der Waals surface area contributed by atoms with Gasteiger partial charge in [-0.1, -0.05) is 0 Å². The average Bonchev–Trinajstić information content (AvgIpc) is 1.63. The van der Waals surface area contributed by atoms with E-state index in [0.29, 0.717) is 12.8 Å². The van der Waals surface area contributed by atoms with E-state index in [1.54, 1.807) is 0 Å². The Morgan fingerprint density at radius 3 is 2.22 bits per heavy atom. The number of hydrogen-bond donors (Lipinski definition) is 1. The minimum Gasteiger partial charge on any atom is -0.396 e. The molecule has 0 aliphatic rings. The molecule has 0 spiro atoms. The predicted octanol–water partition coefficient (Wildman–Crippen LogP) is 0.328. The third-order valence-corrected chi connectivity index (χ3v) is 2.04. The summed E-state index contributed by atoms with van der Waals surface area (Å²) in [5.41, 5.74) is 0. The Morgan fingerprint density at radius 1 is 1.33 bits per heavy atom. The highest BCUT2D eigenvalue weighted by Gasteiger charge is 2.02. The van der Waals surface area contributed by atoms with Gasteiger partial charge in [-0.15, -0.1) is 0 Å². The molecule has 0 fully saturated rings. The molecule has 5 heteroatoms. The third-order valence-electron chi connectivity index (χ3n) is 0.796. The van der Waals surface area contributed by atoms with Crippen molar-refractivity contribution in [2.24, 2.45) is 0 Å². The highest BCUT2D eigenvalue weighted by Crippen LogP contribution is 2.00. The maximum atomic E-state index is 10.2. The van der Waals surface area contributed by atoms with Gasteiger partial charge in [-0.2, -0.15) is 0 Å². The molecule has 1 N–H and O–H groups in total. The van der Waals surface area contributed by atoms with E-state index in [-0.39, 0.29) is 12.4 Å². The molecule has 3 nitrogen and oxygen atoms in total. The second kappa shape index (κ2) is 4.09. The van der Waals surface area contributed by atoms with Crippen molar-refractivity contribution in [3.05, 3.63) is 0 Å². The largest absolute Gasteiger partial charge is 0.396 e. The van der Waals surface area contributed by atoms with E-state index in [4.69, 9.17) is 15.8 Å². The molecule has 9 heavy (non-hydrogen) atoms. The summed E-state index contributed by atoms with van der Waals surface area (Å²) < 4.78 is 20.4. The first-order valence-electron chi connectivity index (χ1n) is 2.59. The molecule has 0 saturated heterocycles. The van der Waals surface area contributed by atoms with Gasteiger partial charge in [0.25, 0.3) is 0 Å². The Labute approximate surface area is 59.1 Å². The first kappa shape index (κ1) is 9.20. The van der Waals surface area contributed by atoms with Crippen LogP contribution in [0, 0.1) is 0 Å². The first-order valence-corrected chi connectivity index (χ1v) is 5.07. The van der Waals surface area contributed by atoms with Crippen molar-refractivity contribution in [2.45, 2.75) is 12.8 Å². The molecule has 0 bridgehead atoms. The van der Waals surface area contributed by atoms with E-state index < -0.39 is 9.05 Å². The monoisotopic (exact) mass is 172 g/mol. The number of halogens is 1. The summed E-state index contributed by atoms with van der Waals surface area (Å²) in [5.74, 6) is -0.0465. The fourth-order valence-electron chi connectivity index (χ4n) is 0.386. The van der Waals surface area contributed by atoms with Crippen LogP contribution in [0.25, 0.3) is 0 Å². The molecule has 0 atom stereocenters. The van der Waals surface area contributed by atoms with Gasteiger partial charge in [-0.05, 0) is 12.8 Å². The van der Waals surface area contributed by atoms with Gasteiger partial charge in [0.1, 0.15) is 0 Å². The molecule has 0 aromatic heterocycles. The van der Waals surface area contributed by atoms with Crippen LogP contribution in [0.1, 0.15) is 12.8 Å². The van der Waals surface area contributed by atoms with Crippen molar-refractivity contribution in [1.29, 1.82) is 0 Å². The third kappa shape index (κ3) is 8.20. The highest BCUT2D eigenvalue weighted by atomic mass is 35.7. The highest BCUT2D eigenvalue weighted by molar-refractivity contribution is 8.13. The lowest BCUT2D eigenvalue weighted by molar-refractivity contribution is 0.287. The van der Waals surface area contributed by atoms with Crippen LogP contribution in [-0.2, 0) is 9.05 Å². The Bertz CT molecular complexity index is 151. The van der Waals surface area contributed by atoms with Crippen LogP contribution in [0.3, 0.4) is 0 Å². The van der Waals surface area contributed by atoms with Crippen molar-refractivity contribution in [1.82, 2.24) is 0 Å². The fourth-order valence-corrected chi connectivity index (χ4v) is 1.26. The van der Waals surface area contributed by atoms with Crippen molar-refractivity contribution < 1.29 is 13.5 Å². The second-order valence-electron chi connectivity index (χ2n) is 1.67. The van der Waals surface area contributed by atoms with Gasteiger partial charge in [-0.25, -0.2) is 8.42 Å². The summed E-state index contributed by atoms with van der Waals surface area (Å²) in [6.45, 7) is 0.0202. The maximum Gasteiger partial charge on any atom is 0.232 e. The van der Waals surface area contributed by atoms with Crippen molar-refractivity contribution in [2.75, 3.05) is 12.4 Å². The van der Waals surface area contributed by atoms with E-state index in [0.717, 1.165) is 0 Å². The average molecular weight is 173 g/mol. The standard InChI is InChI=1S/C4H9ClO3S/c5-9(7,8)4-2-1-3-6/h6H,1-4H2. The molecule has 0 aliphatic carbocycles. The molecular formula is C4H9ClO3S. The molecule has 0 aromatic rings. The van der Waals surface area contributed by atoms with Crippen molar-refractivity contribution in [3.8, 4) is 0 Å². The number of aliphatic hydroxyl groups excluding tert-OH is 1. The van der Waals surface area contributed by atoms with E-state index in [1.807, 2.05) is 0 Å². The second-order valence-corrected chi connectivity index (χ2v) is 4.57. The molecule has 0 heterocycles. The normalized spacial score (nSPS) is 11.8.